The fourth-order valence-corrected chi connectivity index (χ4v) is 4.62. The predicted octanol–water partition coefficient (Wildman–Crippen LogP) is 4.67. The zero-order valence-corrected chi connectivity index (χ0v) is 21.9. The monoisotopic (exact) mass is 562 g/mol. The molecule has 2 N–H and O–H groups in total. The molecule has 2 aliphatic heterocycles. The van der Waals surface area contributed by atoms with E-state index in [4.69, 9.17) is 9.73 Å². The summed E-state index contributed by atoms with van der Waals surface area (Å²) in [4.78, 5) is 6.34. The lowest BCUT2D eigenvalue weighted by molar-refractivity contribution is -0.148. The van der Waals surface area contributed by atoms with Crippen molar-refractivity contribution in [3.05, 3.63) is 0 Å². The summed E-state index contributed by atoms with van der Waals surface area (Å²) in [6.07, 6.45) is 0.976. The summed E-state index contributed by atoms with van der Waals surface area (Å²) >= 11 is 0. The van der Waals surface area contributed by atoms with Gasteiger partial charge in [-0.05, 0) is 63.5 Å². The van der Waals surface area contributed by atoms with Gasteiger partial charge in [0.15, 0.2) is 5.96 Å². The van der Waals surface area contributed by atoms with Gasteiger partial charge in [0.05, 0.1) is 12.6 Å². The zero-order chi connectivity index (χ0) is 22.2. The SMILES string of the molecule is CCNC(=NCC1CCCOC1C(C)(C)C)NCCC1CCN(CC(F)(F)F)CC1.I. The summed E-state index contributed by atoms with van der Waals surface area (Å²) in [5.41, 5.74) is 0.105. The normalized spacial score (nSPS) is 24.5. The summed E-state index contributed by atoms with van der Waals surface area (Å²) in [6.45, 7) is 12.2. The van der Waals surface area contributed by atoms with E-state index in [-0.39, 0.29) is 35.5 Å². The van der Waals surface area contributed by atoms with Gasteiger partial charge in [0.2, 0.25) is 0 Å². The Bertz CT molecular complexity index is 532. The van der Waals surface area contributed by atoms with Crippen molar-refractivity contribution in [2.45, 2.75) is 72.1 Å². The van der Waals surface area contributed by atoms with Crippen LogP contribution in [0.5, 0.6) is 0 Å². The Morgan fingerprint density at radius 3 is 2.35 bits per heavy atom. The molecule has 2 heterocycles. The van der Waals surface area contributed by atoms with E-state index < -0.39 is 12.7 Å². The van der Waals surface area contributed by atoms with E-state index in [0.29, 0.717) is 24.9 Å². The number of nitrogens with zero attached hydrogens (tertiary/aromatic N) is 2. The average molecular weight is 563 g/mol. The maximum atomic E-state index is 12.5. The first-order chi connectivity index (χ1) is 14.1. The van der Waals surface area contributed by atoms with Gasteiger partial charge in [-0.2, -0.15) is 13.2 Å². The molecule has 2 rings (SSSR count). The van der Waals surface area contributed by atoms with Crippen molar-refractivity contribution in [3.8, 4) is 0 Å². The van der Waals surface area contributed by atoms with Crippen LogP contribution in [-0.4, -0.2) is 69.0 Å². The van der Waals surface area contributed by atoms with Crippen molar-refractivity contribution in [1.29, 1.82) is 0 Å². The number of guanidine groups is 1. The van der Waals surface area contributed by atoms with E-state index in [1.54, 1.807) is 0 Å². The van der Waals surface area contributed by atoms with Crippen molar-refractivity contribution in [1.82, 2.24) is 15.5 Å². The van der Waals surface area contributed by atoms with Crippen LogP contribution in [0.15, 0.2) is 4.99 Å². The van der Waals surface area contributed by atoms with E-state index in [2.05, 4.69) is 38.3 Å². The van der Waals surface area contributed by atoms with E-state index in [1.807, 2.05) is 0 Å². The summed E-state index contributed by atoms with van der Waals surface area (Å²) in [6, 6.07) is 0. The van der Waals surface area contributed by atoms with Gasteiger partial charge in [-0.1, -0.05) is 20.8 Å². The highest BCUT2D eigenvalue weighted by Gasteiger charge is 2.35. The largest absolute Gasteiger partial charge is 0.401 e. The molecule has 0 bridgehead atoms. The number of hydrogen-bond acceptors (Lipinski definition) is 3. The lowest BCUT2D eigenvalue weighted by atomic mass is 9.78. The van der Waals surface area contributed by atoms with Gasteiger partial charge in [-0.15, -0.1) is 24.0 Å². The first-order valence-electron chi connectivity index (χ1n) is 11.5. The number of aliphatic imine (C=N–C) groups is 1. The summed E-state index contributed by atoms with van der Waals surface area (Å²) in [5.74, 6) is 1.72. The molecule has 0 radical (unpaired) electrons. The smallest absolute Gasteiger partial charge is 0.377 e. The van der Waals surface area contributed by atoms with Crippen LogP contribution in [0, 0.1) is 17.3 Å². The second kappa shape index (κ2) is 13.4. The molecular formula is C22H42F3IN4O. The van der Waals surface area contributed by atoms with Crippen LogP contribution in [0.25, 0.3) is 0 Å². The van der Waals surface area contributed by atoms with E-state index >= 15 is 0 Å². The number of piperidine rings is 1. The topological polar surface area (TPSA) is 48.9 Å². The van der Waals surface area contributed by atoms with E-state index in [1.165, 1.54) is 4.90 Å². The molecular weight excluding hydrogens is 520 g/mol. The summed E-state index contributed by atoms with van der Waals surface area (Å²) in [5, 5.41) is 6.73. The van der Waals surface area contributed by atoms with Crippen LogP contribution in [0.4, 0.5) is 13.2 Å². The molecule has 184 valence electrons. The number of rotatable bonds is 7. The van der Waals surface area contributed by atoms with E-state index in [0.717, 1.165) is 64.3 Å². The molecule has 0 saturated carbocycles. The Hall–Kier alpha value is -0.290. The molecule has 5 nitrogen and oxygen atoms in total. The first kappa shape index (κ1) is 28.7. The molecule has 0 amide bonds. The van der Waals surface area contributed by atoms with Crippen molar-refractivity contribution in [2.75, 3.05) is 45.9 Å². The van der Waals surface area contributed by atoms with Crippen LogP contribution in [0.3, 0.4) is 0 Å². The molecule has 0 aromatic rings. The molecule has 9 heteroatoms. The maximum Gasteiger partial charge on any atom is 0.401 e. The van der Waals surface area contributed by atoms with Crippen LogP contribution >= 0.6 is 24.0 Å². The lowest BCUT2D eigenvalue weighted by Crippen LogP contribution is -2.43. The third-order valence-electron chi connectivity index (χ3n) is 6.08. The highest BCUT2D eigenvalue weighted by Crippen LogP contribution is 2.34. The van der Waals surface area contributed by atoms with E-state index in [9.17, 15) is 13.2 Å². The highest BCUT2D eigenvalue weighted by atomic mass is 127. The van der Waals surface area contributed by atoms with Crippen LogP contribution in [0.1, 0.15) is 59.8 Å². The minimum Gasteiger partial charge on any atom is -0.377 e. The number of nitrogens with one attached hydrogen (secondary N) is 2. The number of likely N-dealkylation sites (tertiary alicyclic amines) is 1. The molecule has 0 aromatic carbocycles. The molecule has 0 spiro atoms. The van der Waals surface area contributed by atoms with Crippen molar-refractivity contribution < 1.29 is 17.9 Å². The van der Waals surface area contributed by atoms with Crippen LogP contribution in [0.2, 0.25) is 0 Å². The molecule has 2 atom stereocenters. The fraction of sp³-hybridized carbons (Fsp3) is 0.955. The number of ether oxygens (including phenoxy) is 1. The quantitative estimate of drug-likeness (QED) is 0.269. The fourth-order valence-electron chi connectivity index (χ4n) is 4.62. The van der Waals surface area contributed by atoms with Crippen molar-refractivity contribution in [2.24, 2.45) is 22.2 Å². The Labute approximate surface area is 203 Å². The highest BCUT2D eigenvalue weighted by molar-refractivity contribution is 14.0. The van der Waals surface area contributed by atoms with Crippen molar-refractivity contribution >= 4 is 29.9 Å². The number of hydrogen-bond donors (Lipinski definition) is 2. The second-order valence-electron chi connectivity index (χ2n) is 9.83. The van der Waals surface area contributed by atoms with Gasteiger partial charge < -0.3 is 15.4 Å². The molecule has 2 unspecified atom stereocenters. The predicted molar refractivity (Wildman–Crippen MR) is 131 cm³/mol. The third-order valence-corrected chi connectivity index (χ3v) is 6.08. The minimum atomic E-state index is -4.10. The Morgan fingerprint density at radius 2 is 1.77 bits per heavy atom. The third kappa shape index (κ3) is 10.9. The standard InChI is InChI=1S/C22H41F3N4O.HI/c1-5-26-20(28-15-18-7-6-14-30-19(18)21(2,3)4)27-11-8-17-9-12-29(13-10-17)16-22(23,24)25;/h17-19H,5-16H2,1-4H3,(H2,26,27,28);1H. The zero-order valence-electron chi connectivity index (χ0n) is 19.6. The lowest BCUT2D eigenvalue weighted by Gasteiger charge is -2.39. The van der Waals surface area contributed by atoms with Gasteiger partial charge in [-0.3, -0.25) is 9.89 Å². The van der Waals surface area contributed by atoms with Gasteiger partial charge in [-0.25, -0.2) is 0 Å². The van der Waals surface area contributed by atoms with Gasteiger partial charge in [0.25, 0.3) is 0 Å². The second-order valence-corrected chi connectivity index (χ2v) is 9.83. The van der Waals surface area contributed by atoms with Gasteiger partial charge >= 0.3 is 6.18 Å². The van der Waals surface area contributed by atoms with Crippen LogP contribution < -0.4 is 10.6 Å². The molecule has 0 aromatic heterocycles. The Morgan fingerprint density at radius 1 is 1.10 bits per heavy atom. The average Bonchev–Trinajstić information content (AvgIpc) is 2.66. The summed E-state index contributed by atoms with van der Waals surface area (Å²) in [7, 11) is 0. The maximum absolute atomic E-state index is 12.5. The minimum absolute atomic E-state index is 0. The van der Waals surface area contributed by atoms with Crippen LogP contribution in [-0.2, 0) is 4.74 Å². The molecule has 2 saturated heterocycles. The van der Waals surface area contributed by atoms with Gasteiger partial charge in [0, 0.05) is 32.2 Å². The number of halogens is 4. The Balaban J connectivity index is 0.00000480. The number of alkyl halides is 3. The molecule has 0 aliphatic carbocycles. The summed E-state index contributed by atoms with van der Waals surface area (Å²) < 4.78 is 43.6. The Kier molecular flexibility index (Phi) is 12.4. The van der Waals surface area contributed by atoms with Gasteiger partial charge in [0.1, 0.15) is 0 Å². The molecule has 31 heavy (non-hydrogen) atoms. The van der Waals surface area contributed by atoms with Crippen molar-refractivity contribution in [3.63, 3.8) is 0 Å². The molecule has 2 aliphatic rings. The first-order valence-corrected chi connectivity index (χ1v) is 11.5. The molecule has 2 fully saturated rings.